The molecule has 0 bridgehead atoms. The number of para-hydroxylation sites is 1. The van der Waals surface area contributed by atoms with Crippen LogP contribution in [0.25, 0.3) is 0 Å². The lowest BCUT2D eigenvalue weighted by Gasteiger charge is -2.15. The van der Waals surface area contributed by atoms with E-state index in [1.807, 2.05) is 6.07 Å². The molecule has 0 saturated carbocycles. The minimum atomic E-state index is -4.62. The maximum Gasteiger partial charge on any atom is 0.419 e. The van der Waals surface area contributed by atoms with E-state index < -0.39 is 17.5 Å². The van der Waals surface area contributed by atoms with Crippen molar-refractivity contribution in [1.29, 1.82) is 5.26 Å². The number of halogens is 3. The number of nitrogens with one attached hydrogen (secondary N) is 1. The molecule has 5 nitrogen and oxygen atoms in total. The van der Waals surface area contributed by atoms with Crippen molar-refractivity contribution in [1.82, 2.24) is 10.2 Å². The summed E-state index contributed by atoms with van der Waals surface area (Å²) >= 11 is 0. The fourth-order valence-corrected chi connectivity index (χ4v) is 2.44. The number of ether oxygens (including phenoxy) is 1. The fraction of sp³-hybridized carbons (Fsp3) is 0.105. The molecule has 27 heavy (non-hydrogen) atoms. The van der Waals surface area contributed by atoms with Crippen molar-refractivity contribution in [3.05, 3.63) is 87.3 Å². The van der Waals surface area contributed by atoms with Gasteiger partial charge >= 0.3 is 6.18 Å². The largest absolute Gasteiger partial charge is 0.455 e. The van der Waals surface area contributed by atoms with Crippen LogP contribution in [0.5, 0.6) is 11.5 Å². The maximum atomic E-state index is 13.3. The molecular weight excluding hydrogens is 359 g/mol. The normalized spacial score (nSPS) is 11.0. The van der Waals surface area contributed by atoms with Crippen LogP contribution >= 0.6 is 0 Å². The van der Waals surface area contributed by atoms with Crippen LogP contribution in [0, 0.1) is 11.3 Å². The fourth-order valence-electron chi connectivity index (χ4n) is 2.44. The van der Waals surface area contributed by atoms with Crippen LogP contribution in [0.3, 0.4) is 0 Å². The molecule has 0 amide bonds. The molecule has 0 saturated heterocycles. The molecule has 1 N–H and O–H groups in total. The van der Waals surface area contributed by atoms with E-state index in [1.54, 1.807) is 12.1 Å². The molecule has 2 aromatic carbocycles. The average molecular weight is 371 g/mol. The highest BCUT2D eigenvalue weighted by Gasteiger charge is 2.34. The number of aromatic amines is 1. The predicted molar refractivity (Wildman–Crippen MR) is 90.3 cm³/mol. The van der Waals surface area contributed by atoms with Gasteiger partial charge in [-0.1, -0.05) is 18.2 Å². The van der Waals surface area contributed by atoms with Crippen LogP contribution in [0.4, 0.5) is 13.2 Å². The third-order valence-electron chi connectivity index (χ3n) is 3.70. The lowest BCUT2D eigenvalue weighted by Crippen LogP contribution is -2.09. The molecule has 136 valence electrons. The molecular formula is C19H12F3N3O2. The molecule has 0 fully saturated rings. The molecule has 0 aliphatic rings. The number of nitrogens with zero attached hydrogens (tertiary/aromatic N) is 2. The highest BCUT2D eigenvalue weighted by Crippen LogP contribution is 2.39. The summed E-state index contributed by atoms with van der Waals surface area (Å²) < 4.78 is 45.5. The molecule has 0 aliphatic carbocycles. The maximum absolute atomic E-state index is 13.3. The zero-order valence-corrected chi connectivity index (χ0v) is 13.7. The monoisotopic (exact) mass is 371 g/mol. The smallest absolute Gasteiger partial charge is 0.419 e. The van der Waals surface area contributed by atoms with Crippen molar-refractivity contribution in [2.24, 2.45) is 0 Å². The van der Waals surface area contributed by atoms with E-state index in [2.05, 4.69) is 10.2 Å². The van der Waals surface area contributed by atoms with E-state index in [4.69, 9.17) is 10.00 Å². The second kappa shape index (κ2) is 7.33. The minimum Gasteiger partial charge on any atom is -0.455 e. The highest BCUT2D eigenvalue weighted by atomic mass is 19.4. The third kappa shape index (κ3) is 4.33. The Morgan fingerprint density at radius 2 is 1.85 bits per heavy atom. The van der Waals surface area contributed by atoms with Gasteiger partial charge in [0.2, 0.25) is 0 Å². The molecule has 0 spiro atoms. The van der Waals surface area contributed by atoms with Gasteiger partial charge in [-0.3, -0.25) is 4.79 Å². The topological polar surface area (TPSA) is 78.8 Å². The number of benzene rings is 2. The van der Waals surface area contributed by atoms with Gasteiger partial charge in [-0.05, 0) is 35.9 Å². The Kier molecular flexibility index (Phi) is 4.94. The van der Waals surface area contributed by atoms with E-state index in [-0.39, 0.29) is 23.3 Å². The van der Waals surface area contributed by atoms with Gasteiger partial charge in [0.1, 0.15) is 17.6 Å². The van der Waals surface area contributed by atoms with Crippen molar-refractivity contribution in [2.75, 3.05) is 0 Å². The highest BCUT2D eigenvalue weighted by molar-refractivity contribution is 5.48. The molecule has 3 rings (SSSR count). The molecule has 8 heteroatoms. The summed E-state index contributed by atoms with van der Waals surface area (Å²) in [5.41, 5.74) is -0.209. The van der Waals surface area contributed by atoms with Crippen LogP contribution in [0.2, 0.25) is 0 Å². The quantitative estimate of drug-likeness (QED) is 0.751. The van der Waals surface area contributed by atoms with Gasteiger partial charge in [-0.25, -0.2) is 5.10 Å². The van der Waals surface area contributed by atoms with Gasteiger partial charge < -0.3 is 4.74 Å². The zero-order chi connectivity index (χ0) is 19.4. The average Bonchev–Trinajstić information content (AvgIpc) is 2.63. The van der Waals surface area contributed by atoms with Crippen molar-refractivity contribution >= 4 is 0 Å². The van der Waals surface area contributed by atoms with Crippen molar-refractivity contribution in [3.63, 3.8) is 0 Å². The summed E-state index contributed by atoms with van der Waals surface area (Å²) in [7, 11) is 0. The number of rotatable bonds is 4. The molecule has 1 aromatic heterocycles. The number of H-pyrrole nitrogens is 1. The lowest BCUT2D eigenvalue weighted by atomic mass is 10.1. The van der Waals surface area contributed by atoms with E-state index in [9.17, 15) is 18.0 Å². The second-order valence-electron chi connectivity index (χ2n) is 5.63. The number of hydrogen-bond acceptors (Lipinski definition) is 4. The van der Waals surface area contributed by atoms with Gasteiger partial charge in [0, 0.05) is 12.5 Å². The van der Waals surface area contributed by atoms with E-state index in [0.717, 1.165) is 6.07 Å². The Morgan fingerprint density at radius 3 is 2.52 bits per heavy atom. The van der Waals surface area contributed by atoms with Gasteiger partial charge in [-0.2, -0.15) is 23.5 Å². The van der Waals surface area contributed by atoms with E-state index in [1.165, 1.54) is 36.4 Å². The van der Waals surface area contributed by atoms with Crippen molar-refractivity contribution < 1.29 is 17.9 Å². The molecule has 0 unspecified atom stereocenters. The zero-order valence-electron chi connectivity index (χ0n) is 13.7. The Hall–Kier alpha value is -3.60. The minimum absolute atomic E-state index is 0.0322. The Morgan fingerprint density at radius 1 is 1.07 bits per heavy atom. The Balaban J connectivity index is 2.00. The number of alkyl halides is 3. The van der Waals surface area contributed by atoms with Crippen LogP contribution in [-0.2, 0) is 12.6 Å². The van der Waals surface area contributed by atoms with Crippen LogP contribution < -0.4 is 10.3 Å². The second-order valence-corrected chi connectivity index (χ2v) is 5.63. The molecule has 0 aliphatic heterocycles. The van der Waals surface area contributed by atoms with Gasteiger partial charge in [0.05, 0.1) is 16.8 Å². The van der Waals surface area contributed by atoms with Gasteiger partial charge in [-0.15, -0.1) is 0 Å². The van der Waals surface area contributed by atoms with Crippen molar-refractivity contribution in [3.8, 4) is 17.6 Å². The number of aromatic nitrogens is 2. The third-order valence-corrected chi connectivity index (χ3v) is 3.70. The summed E-state index contributed by atoms with van der Waals surface area (Å²) in [5.74, 6) is -0.378. The number of hydrogen-bond donors (Lipinski definition) is 1. The summed E-state index contributed by atoms with van der Waals surface area (Å²) in [6.45, 7) is 0. The standard InChI is InChI=1S/C19H12F3N3O2/c20-19(21,22)15-7-5-12(9-14-6-8-18(26)25-24-14)10-17(15)27-16-4-2-1-3-13(16)11-23/h1-8,10H,9H2,(H,25,26). The van der Waals surface area contributed by atoms with Crippen molar-refractivity contribution in [2.45, 2.75) is 12.6 Å². The summed E-state index contributed by atoms with van der Waals surface area (Å²) in [6.07, 6.45) is -4.42. The van der Waals surface area contributed by atoms with Gasteiger partial charge in [0.25, 0.3) is 5.56 Å². The summed E-state index contributed by atoms with van der Waals surface area (Å²) in [5, 5.41) is 15.2. The first-order valence-corrected chi connectivity index (χ1v) is 7.78. The number of nitriles is 1. The van der Waals surface area contributed by atoms with Gasteiger partial charge in [0.15, 0.2) is 0 Å². The Bertz CT molecular complexity index is 1050. The van der Waals surface area contributed by atoms with Crippen LogP contribution in [0.1, 0.15) is 22.4 Å². The molecule has 3 aromatic rings. The Labute approximate surface area is 151 Å². The first-order valence-electron chi connectivity index (χ1n) is 7.78. The molecule has 1 heterocycles. The first kappa shape index (κ1) is 18.2. The van der Waals surface area contributed by atoms with E-state index >= 15 is 0 Å². The summed E-state index contributed by atoms with van der Waals surface area (Å²) in [6, 6.07) is 14.2. The first-order chi connectivity index (χ1) is 12.9. The van der Waals surface area contributed by atoms with Crippen LogP contribution in [-0.4, -0.2) is 10.2 Å². The summed E-state index contributed by atoms with van der Waals surface area (Å²) in [4.78, 5) is 11.1. The van der Waals surface area contributed by atoms with Crippen LogP contribution in [0.15, 0.2) is 59.4 Å². The predicted octanol–water partition coefficient (Wildman–Crippen LogP) is 4.04. The molecule has 0 radical (unpaired) electrons. The van der Waals surface area contributed by atoms with E-state index in [0.29, 0.717) is 11.3 Å². The SMILES string of the molecule is N#Cc1ccccc1Oc1cc(Cc2ccc(=O)[nH]n2)ccc1C(F)(F)F. The molecule has 0 atom stereocenters. The lowest BCUT2D eigenvalue weighted by molar-refractivity contribution is -0.138.